The smallest absolute Gasteiger partial charge is 0.0939 e. The third-order valence-electron chi connectivity index (χ3n) is 3.46. The first-order valence-corrected chi connectivity index (χ1v) is 7.92. The molecule has 0 aliphatic carbocycles. The highest BCUT2D eigenvalue weighted by Gasteiger charge is 2.23. The van der Waals surface area contributed by atoms with Crippen LogP contribution in [0.4, 0.5) is 0 Å². The molecule has 0 aromatic carbocycles. The van der Waals surface area contributed by atoms with Crippen LogP contribution in [0.3, 0.4) is 0 Å². The van der Waals surface area contributed by atoms with Gasteiger partial charge in [-0.25, -0.2) is 0 Å². The molecular formula is C16H23ClN4. The second-order valence-corrected chi connectivity index (χ2v) is 5.60. The molecule has 0 amide bonds. The zero-order chi connectivity index (χ0) is 15.2. The first kappa shape index (κ1) is 16.0. The van der Waals surface area contributed by atoms with Gasteiger partial charge < -0.3 is 5.32 Å². The molecule has 0 aliphatic rings. The Labute approximate surface area is 131 Å². The predicted molar refractivity (Wildman–Crippen MR) is 86.6 cm³/mol. The molecule has 1 unspecified atom stereocenters. The summed E-state index contributed by atoms with van der Waals surface area (Å²) in [5, 5.41) is 8.66. The number of halogens is 1. The van der Waals surface area contributed by atoms with Crippen molar-refractivity contribution in [3.05, 3.63) is 46.5 Å². The number of nitrogens with one attached hydrogen (secondary N) is 1. The minimum Gasteiger partial charge on any atom is -0.304 e. The second-order valence-electron chi connectivity index (χ2n) is 5.19. The van der Waals surface area contributed by atoms with Gasteiger partial charge in [0.2, 0.25) is 0 Å². The number of hydrogen-bond donors (Lipinski definition) is 1. The second kappa shape index (κ2) is 7.57. The van der Waals surface area contributed by atoms with Crippen molar-refractivity contribution in [2.45, 2.75) is 46.2 Å². The van der Waals surface area contributed by atoms with Gasteiger partial charge in [0, 0.05) is 12.7 Å². The van der Waals surface area contributed by atoms with Gasteiger partial charge in [-0.15, -0.1) is 0 Å². The van der Waals surface area contributed by atoms with Crippen LogP contribution in [0.2, 0.25) is 5.02 Å². The van der Waals surface area contributed by atoms with Crippen molar-refractivity contribution in [2.75, 3.05) is 6.54 Å². The van der Waals surface area contributed by atoms with Crippen LogP contribution in [0, 0.1) is 6.92 Å². The fraction of sp³-hybridized carbons (Fsp3) is 0.500. The Kier molecular flexibility index (Phi) is 5.76. The molecule has 0 fully saturated rings. The van der Waals surface area contributed by atoms with E-state index < -0.39 is 0 Å². The normalized spacial score (nSPS) is 12.6. The molecule has 0 radical (unpaired) electrons. The maximum Gasteiger partial charge on any atom is 0.0939 e. The van der Waals surface area contributed by atoms with Gasteiger partial charge in [0.15, 0.2) is 0 Å². The zero-order valence-corrected chi connectivity index (χ0v) is 13.7. The molecule has 2 rings (SSSR count). The number of nitrogens with zero attached hydrogens (tertiary/aromatic N) is 3. The van der Waals surface area contributed by atoms with Crippen molar-refractivity contribution in [2.24, 2.45) is 0 Å². The third kappa shape index (κ3) is 3.63. The quantitative estimate of drug-likeness (QED) is 0.847. The maximum atomic E-state index is 6.41. The highest BCUT2D eigenvalue weighted by molar-refractivity contribution is 6.31. The topological polar surface area (TPSA) is 42.7 Å². The minimum absolute atomic E-state index is 0.0206. The molecule has 0 aliphatic heterocycles. The Hall–Kier alpha value is -1.39. The number of hydrogen-bond acceptors (Lipinski definition) is 3. The first-order chi connectivity index (χ1) is 10.2. The molecule has 1 N–H and O–H groups in total. The lowest BCUT2D eigenvalue weighted by Gasteiger charge is -2.21. The van der Waals surface area contributed by atoms with E-state index in [-0.39, 0.29) is 6.04 Å². The summed E-state index contributed by atoms with van der Waals surface area (Å²) in [5.41, 5.74) is 3.19. The van der Waals surface area contributed by atoms with Crippen LogP contribution in [-0.2, 0) is 6.54 Å². The largest absolute Gasteiger partial charge is 0.304 e. The highest BCUT2D eigenvalue weighted by Crippen LogP contribution is 2.29. The standard InChI is InChI=1S/C16H23ClN4/c1-4-8-18-15(14-12(3)7-6-9-19-14)16-13(17)11-20-21(16)10-5-2/h6-7,9,11,15,18H,4-5,8,10H2,1-3H3. The van der Waals surface area contributed by atoms with Crippen molar-refractivity contribution < 1.29 is 0 Å². The van der Waals surface area contributed by atoms with Gasteiger partial charge in [0.1, 0.15) is 0 Å². The predicted octanol–water partition coefficient (Wildman–Crippen LogP) is 3.74. The van der Waals surface area contributed by atoms with E-state index >= 15 is 0 Å². The average Bonchev–Trinajstić information content (AvgIpc) is 2.83. The first-order valence-electron chi connectivity index (χ1n) is 7.55. The summed E-state index contributed by atoms with van der Waals surface area (Å²) in [6.45, 7) is 8.14. The molecule has 2 aromatic heterocycles. The molecule has 2 heterocycles. The molecule has 21 heavy (non-hydrogen) atoms. The highest BCUT2D eigenvalue weighted by atomic mass is 35.5. The summed E-state index contributed by atoms with van der Waals surface area (Å²) in [7, 11) is 0. The van der Waals surface area contributed by atoms with Crippen LogP contribution < -0.4 is 5.32 Å². The van der Waals surface area contributed by atoms with Gasteiger partial charge in [0.25, 0.3) is 0 Å². The van der Waals surface area contributed by atoms with Crippen molar-refractivity contribution >= 4 is 11.6 Å². The van der Waals surface area contributed by atoms with E-state index in [1.165, 1.54) is 0 Å². The van der Waals surface area contributed by atoms with E-state index in [1.54, 1.807) is 6.20 Å². The Morgan fingerprint density at radius 1 is 1.33 bits per heavy atom. The minimum atomic E-state index is -0.0206. The van der Waals surface area contributed by atoms with Crippen LogP contribution in [0.5, 0.6) is 0 Å². The molecule has 0 saturated heterocycles. The molecule has 0 bridgehead atoms. The average molecular weight is 307 g/mol. The molecule has 0 spiro atoms. The van der Waals surface area contributed by atoms with Crippen molar-refractivity contribution in [3.63, 3.8) is 0 Å². The summed E-state index contributed by atoms with van der Waals surface area (Å²) in [6.07, 6.45) is 5.64. The van der Waals surface area contributed by atoms with Crippen LogP contribution >= 0.6 is 11.6 Å². The number of rotatable bonds is 7. The Morgan fingerprint density at radius 3 is 2.81 bits per heavy atom. The lowest BCUT2D eigenvalue weighted by atomic mass is 10.0. The molecule has 2 aromatic rings. The molecule has 5 heteroatoms. The van der Waals surface area contributed by atoms with Gasteiger partial charge in [-0.1, -0.05) is 31.5 Å². The van der Waals surface area contributed by atoms with Gasteiger partial charge in [0.05, 0.1) is 28.6 Å². The fourth-order valence-electron chi connectivity index (χ4n) is 2.46. The van der Waals surface area contributed by atoms with E-state index in [4.69, 9.17) is 11.6 Å². The molecular weight excluding hydrogens is 284 g/mol. The monoisotopic (exact) mass is 306 g/mol. The van der Waals surface area contributed by atoms with Crippen LogP contribution in [0.25, 0.3) is 0 Å². The number of pyridine rings is 1. The summed E-state index contributed by atoms with van der Waals surface area (Å²) in [4.78, 5) is 4.57. The lowest BCUT2D eigenvalue weighted by Crippen LogP contribution is -2.27. The van der Waals surface area contributed by atoms with Gasteiger partial charge in [-0.3, -0.25) is 9.67 Å². The molecule has 114 valence electrons. The van der Waals surface area contributed by atoms with Crippen molar-refractivity contribution in [1.29, 1.82) is 0 Å². The number of aryl methyl sites for hydroxylation is 2. The third-order valence-corrected chi connectivity index (χ3v) is 3.76. The van der Waals surface area contributed by atoms with Gasteiger partial charge in [-0.05, 0) is 37.9 Å². The Bertz CT molecular complexity index is 579. The van der Waals surface area contributed by atoms with Crippen molar-refractivity contribution in [1.82, 2.24) is 20.1 Å². The number of aromatic nitrogens is 3. The summed E-state index contributed by atoms with van der Waals surface area (Å²) in [5.74, 6) is 0. The van der Waals surface area contributed by atoms with Crippen LogP contribution in [-0.4, -0.2) is 21.3 Å². The summed E-state index contributed by atoms with van der Waals surface area (Å²) >= 11 is 6.41. The molecule has 1 atom stereocenters. The van der Waals surface area contributed by atoms with Gasteiger partial charge >= 0.3 is 0 Å². The molecule has 4 nitrogen and oxygen atoms in total. The lowest BCUT2D eigenvalue weighted by molar-refractivity contribution is 0.504. The van der Waals surface area contributed by atoms with E-state index in [1.807, 2.05) is 16.9 Å². The Morgan fingerprint density at radius 2 is 2.14 bits per heavy atom. The zero-order valence-electron chi connectivity index (χ0n) is 12.9. The maximum absolute atomic E-state index is 6.41. The van der Waals surface area contributed by atoms with E-state index in [2.05, 4.69) is 42.2 Å². The van der Waals surface area contributed by atoms with E-state index in [0.717, 1.165) is 42.9 Å². The SMILES string of the molecule is CCCNC(c1ncccc1C)c1c(Cl)cnn1CCC. The Balaban J connectivity index is 2.45. The van der Waals surface area contributed by atoms with Crippen LogP contribution in [0.1, 0.15) is 49.7 Å². The van der Waals surface area contributed by atoms with Gasteiger partial charge in [-0.2, -0.15) is 5.10 Å². The molecule has 0 saturated carbocycles. The summed E-state index contributed by atoms with van der Waals surface area (Å²) in [6, 6.07) is 4.02. The summed E-state index contributed by atoms with van der Waals surface area (Å²) < 4.78 is 1.99. The fourth-order valence-corrected chi connectivity index (χ4v) is 2.71. The van der Waals surface area contributed by atoms with Crippen LogP contribution in [0.15, 0.2) is 24.5 Å². The van der Waals surface area contributed by atoms with E-state index in [9.17, 15) is 0 Å². The van der Waals surface area contributed by atoms with E-state index in [0.29, 0.717) is 5.02 Å². The van der Waals surface area contributed by atoms with Crippen molar-refractivity contribution in [3.8, 4) is 0 Å².